The Balaban J connectivity index is 1.86. The molecule has 2 aromatic rings. The second-order valence-corrected chi connectivity index (χ2v) is 5.73. The highest BCUT2D eigenvalue weighted by Crippen LogP contribution is 2.35. The van der Waals surface area contributed by atoms with Gasteiger partial charge in [-0.05, 0) is 36.1 Å². The van der Waals surface area contributed by atoms with Crippen molar-refractivity contribution in [2.45, 2.75) is 18.9 Å². The van der Waals surface area contributed by atoms with Gasteiger partial charge in [0, 0.05) is 16.0 Å². The number of hydrogen-bond acceptors (Lipinski definition) is 3. The Labute approximate surface area is 107 Å². The van der Waals surface area contributed by atoms with Gasteiger partial charge in [0.05, 0.1) is 6.04 Å². The zero-order valence-electron chi connectivity index (χ0n) is 8.61. The van der Waals surface area contributed by atoms with E-state index < -0.39 is 0 Å². The van der Waals surface area contributed by atoms with E-state index in [1.807, 2.05) is 11.6 Å². The highest BCUT2D eigenvalue weighted by atomic mass is 79.9. The second-order valence-electron chi connectivity index (χ2n) is 3.92. The highest BCUT2D eigenvalue weighted by molar-refractivity contribution is 9.10. The number of hydrogen-bond donors (Lipinski definition) is 1. The molecule has 3 rings (SSSR count). The lowest BCUT2D eigenvalue weighted by atomic mass is 10.1. The molecule has 0 saturated carbocycles. The molecule has 0 aliphatic heterocycles. The lowest BCUT2D eigenvalue weighted by Crippen LogP contribution is -2.06. The van der Waals surface area contributed by atoms with Crippen LogP contribution in [0.2, 0.25) is 0 Å². The van der Waals surface area contributed by atoms with Crippen LogP contribution in [0.15, 0.2) is 34.2 Å². The Kier molecular flexibility index (Phi) is 2.69. The molecular weight excluding hydrogens is 284 g/mol. The summed E-state index contributed by atoms with van der Waals surface area (Å²) in [6.07, 6.45) is 4.15. The Morgan fingerprint density at radius 1 is 1.44 bits per heavy atom. The van der Waals surface area contributed by atoms with E-state index in [1.165, 1.54) is 15.6 Å². The van der Waals surface area contributed by atoms with E-state index in [2.05, 4.69) is 44.4 Å². The van der Waals surface area contributed by atoms with Crippen molar-refractivity contribution in [3.8, 4) is 0 Å². The standard InChI is InChI=1S/C12H11BrN2S/c13-9-2-3-10-8(7-9)1-4-11(10)15-12-14-5-6-16-12/h2-3,5-7,11H,1,4H2,(H,14,15). The lowest BCUT2D eigenvalue weighted by molar-refractivity contribution is 0.761. The monoisotopic (exact) mass is 294 g/mol. The van der Waals surface area contributed by atoms with Crippen LogP contribution < -0.4 is 5.32 Å². The van der Waals surface area contributed by atoms with Gasteiger partial charge in [0.2, 0.25) is 0 Å². The molecule has 1 unspecified atom stereocenters. The first-order chi connectivity index (χ1) is 7.83. The molecule has 1 aliphatic carbocycles. The largest absolute Gasteiger partial charge is 0.355 e. The Morgan fingerprint density at radius 3 is 3.19 bits per heavy atom. The maximum Gasteiger partial charge on any atom is 0.183 e. The number of anilines is 1. The Morgan fingerprint density at radius 2 is 2.38 bits per heavy atom. The van der Waals surface area contributed by atoms with E-state index in [0.717, 1.165) is 18.0 Å². The van der Waals surface area contributed by atoms with E-state index in [1.54, 1.807) is 11.3 Å². The zero-order valence-corrected chi connectivity index (χ0v) is 11.0. The normalized spacial score (nSPS) is 18.4. The summed E-state index contributed by atoms with van der Waals surface area (Å²) in [7, 11) is 0. The van der Waals surface area contributed by atoms with E-state index in [0.29, 0.717) is 6.04 Å². The third kappa shape index (κ3) is 1.87. The fourth-order valence-corrected chi connectivity index (χ4v) is 3.17. The zero-order chi connectivity index (χ0) is 11.0. The Hall–Kier alpha value is -0.870. The molecule has 1 atom stereocenters. The third-order valence-electron chi connectivity index (χ3n) is 2.91. The minimum Gasteiger partial charge on any atom is -0.355 e. The maximum atomic E-state index is 4.27. The number of thiazole rings is 1. The van der Waals surface area contributed by atoms with Crippen molar-refractivity contribution in [1.82, 2.24) is 4.98 Å². The molecule has 0 fully saturated rings. The van der Waals surface area contributed by atoms with Gasteiger partial charge in [-0.2, -0.15) is 0 Å². The predicted molar refractivity (Wildman–Crippen MR) is 70.9 cm³/mol. The highest BCUT2D eigenvalue weighted by Gasteiger charge is 2.22. The molecule has 1 aromatic carbocycles. The number of nitrogens with zero attached hydrogens (tertiary/aromatic N) is 1. The molecule has 1 heterocycles. The predicted octanol–water partition coefficient (Wildman–Crippen LogP) is 4.01. The molecule has 0 saturated heterocycles. The van der Waals surface area contributed by atoms with Gasteiger partial charge in [0.15, 0.2) is 5.13 Å². The molecule has 0 bridgehead atoms. The summed E-state index contributed by atoms with van der Waals surface area (Å²) in [5, 5.41) is 6.50. The van der Waals surface area contributed by atoms with E-state index in [-0.39, 0.29) is 0 Å². The van der Waals surface area contributed by atoms with Crippen LogP contribution in [0.4, 0.5) is 5.13 Å². The van der Waals surface area contributed by atoms with Crippen molar-refractivity contribution in [1.29, 1.82) is 0 Å². The van der Waals surface area contributed by atoms with Gasteiger partial charge in [-0.3, -0.25) is 0 Å². The molecule has 1 N–H and O–H groups in total. The summed E-state index contributed by atoms with van der Waals surface area (Å²) >= 11 is 5.17. The topological polar surface area (TPSA) is 24.9 Å². The van der Waals surface area contributed by atoms with Gasteiger partial charge >= 0.3 is 0 Å². The number of nitrogens with one attached hydrogen (secondary N) is 1. The van der Waals surface area contributed by atoms with Crippen molar-refractivity contribution < 1.29 is 0 Å². The summed E-state index contributed by atoms with van der Waals surface area (Å²) in [5.74, 6) is 0. The molecule has 4 heteroatoms. The number of halogens is 1. The first kappa shape index (κ1) is 10.3. The summed E-state index contributed by atoms with van der Waals surface area (Å²) in [6.45, 7) is 0. The summed E-state index contributed by atoms with van der Waals surface area (Å²) in [4.78, 5) is 4.27. The van der Waals surface area contributed by atoms with Crippen LogP contribution in [0.1, 0.15) is 23.6 Å². The quantitative estimate of drug-likeness (QED) is 0.905. The first-order valence-corrected chi connectivity index (χ1v) is 6.94. The van der Waals surface area contributed by atoms with Crippen molar-refractivity contribution in [2.24, 2.45) is 0 Å². The fraction of sp³-hybridized carbons (Fsp3) is 0.250. The lowest BCUT2D eigenvalue weighted by Gasteiger charge is -2.12. The van der Waals surface area contributed by atoms with Gasteiger partial charge in [-0.15, -0.1) is 11.3 Å². The molecular formula is C12H11BrN2S. The van der Waals surface area contributed by atoms with Crippen molar-refractivity contribution in [3.05, 3.63) is 45.4 Å². The Bertz CT molecular complexity index is 496. The van der Waals surface area contributed by atoms with Gasteiger partial charge in [-0.25, -0.2) is 4.98 Å². The van der Waals surface area contributed by atoms with Crippen LogP contribution >= 0.6 is 27.3 Å². The number of rotatable bonds is 2. The van der Waals surface area contributed by atoms with Crippen LogP contribution in [-0.4, -0.2) is 4.98 Å². The molecule has 16 heavy (non-hydrogen) atoms. The molecule has 0 amide bonds. The molecule has 0 radical (unpaired) electrons. The SMILES string of the molecule is Brc1ccc2c(c1)CCC2Nc1nccs1. The maximum absolute atomic E-state index is 4.27. The average Bonchev–Trinajstić information content (AvgIpc) is 2.89. The molecule has 0 spiro atoms. The van der Waals surface area contributed by atoms with Crippen LogP contribution in [0.3, 0.4) is 0 Å². The number of fused-ring (bicyclic) bond motifs is 1. The van der Waals surface area contributed by atoms with Crippen molar-refractivity contribution in [2.75, 3.05) is 5.32 Å². The molecule has 2 nitrogen and oxygen atoms in total. The first-order valence-electron chi connectivity index (χ1n) is 5.27. The minimum atomic E-state index is 0.425. The second kappa shape index (κ2) is 4.18. The fourth-order valence-electron chi connectivity index (χ4n) is 2.18. The van der Waals surface area contributed by atoms with Crippen LogP contribution in [0, 0.1) is 0 Å². The third-order valence-corrected chi connectivity index (χ3v) is 4.11. The van der Waals surface area contributed by atoms with Crippen LogP contribution in [0.5, 0.6) is 0 Å². The number of benzene rings is 1. The van der Waals surface area contributed by atoms with Crippen molar-refractivity contribution in [3.63, 3.8) is 0 Å². The average molecular weight is 295 g/mol. The van der Waals surface area contributed by atoms with E-state index in [9.17, 15) is 0 Å². The van der Waals surface area contributed by atoms with Crippen LogP contribution in [0.25, 0.3) is 0 Å². The summed E-state index contributed by atoms with van der Waals surface area (Å²) in [5.41, 5.74) is 2.86. The molecule has 82 valence electrons. The van der Waals surface area contributed by atoms with E-state index in [4.69, 9.17) is 0 Å². The van der Waals surface area contributed by atoms with Crippen LogP contribution in [-0.2, 0) is 6.42 Å². The van der Waals surface area contributed by atoms with Gasteiger partial charge in [0.1, 0.15) is 0 Å². The van der Waals surface area contributed by atoms with Crippen molar-refractivity contribution >= 4 is 32.4 Å². The molecule has 1 aliphatic rings. The van der Waals surface area contributed by atoms with E-state index >= 15 is 0 Å². The number of aromatic nitrogens is 1. The minimum absolute atomic E-state index is 0.425. The summed E-state index contributed by atoms with van der Waals surface area (Å²) < 4.78 is 1.17. The summed E-state index contributed by atoms with van der Waals surface area (Å²) in [6, 6.07) is 6.96. The smallest absolute Gasteiger partial charge is 0.183 e. The van der Waals surface area contributed by atoms with Gasteiger partial charge in [-0.1, -0.05) is 22.0 Å². The molecule has 1 aromatic heterocycles. The number of aryl methyl sites for hydroxylation is 1. The van der Waals surface area contributed by atoms with Gasteiger partial charge in [0.25, 0.3) is 0 Å². The van der Waals surface area contributed by atoms with Gasteiger partial charge < -0.3 is 5.32 Å².